The van der Waals surface area contributed by atoms with Crippen LogP contribution in [-0.4, -0.2) is 35.0 Å². The SMILES string of the molecule is COC(=O)[C@H](C)NC(=O)c1cccc(-c2ccc(Oc3ccc(C(F)(F)F)cn3)cc2)n1. The van der Waals surface area contributed by atoms with Crippen LogP contribution < -0.4 is 10.1 Å². The Morgan fingerprint density at radius 1 is 1.03 bits per heavy atom. The second-order valence-corrected chi connectivity index (χ2v) is 6.64. The standard InChI is InChI=1S/C22H18F3N3O4/c1-13(21(30)31-2)27-20(29)18-5-3-4-17(28-18)14-6-9-16(10-7-14)32-19-11-8-15(12-26-19)22(23,24)25/h3-13H,1-2H3,(H,27,29)/t13-/m0/s1. The van der Waals surface area contributed by atoms with Crippen LogP contribution in [0.5, 0.6) is 11.6 Å². The number of carbonyl (C=O) groups is 2. The van der Waals surface area contributed by atoms with Gasteiger partial charge in [0.15, 0.2) is 0 Å². The van der Waals surface area contributed by atoms with E-state index in [1.807, 2.05) is 0 Å². The predicted molar refractivity (Wildman–Crippen MR) is 108 cm³/mol. The largest absolute Gasteiger partial charge is 0.467 e. The molecular weight excluding hydrogens is 427 g/mol. The first-order valence-electron chi connectivity index (χ1n) is 9.34. The van der Waals surface area contributed by atoms with Crippen LogP contribution in [0, 0.1) is 0 Å². The van der Waals surface area contributed by atoms with E-state index >= 15 is 0 Å². The molecule has 3 aromatic rings. The van der Waals surface area contributed by atoms with E-state index in [0.717, 1.165) is 12.1 Å². The van der Waals surface area contributed by atoms with E-state index in [1.54, 1.807) is 36.4 Å². The van der Waals surface area contributed by atoms with Crippen molar-refractivity contribution in [2.45, 2.75) is 19.1 Å². The molecule has 0 unspecified atom stereocenters. The average Bonchev–Trinajstić information content (AvgIpc) is 2.78. The molecule has 1 aromatic carbocycles. The number of benzene rings is 1. The Morgan fingerprint density at radius 2 is 1.75 bits per heavy atom. The molecule has 0 spiro atoms. The van der Waals surface area contributed by atoms with E-state index in [4.69, 9.17) is 4.74 Å². The first-order chi connectivity index (χ1) is 15.2. The molecule has 0 saturated heterocycles. The third-order valence-corrected chi connectivity index (χ3v) is 4.32. The van der Waals surface area contributed by atoms with Crippen molar-refractivity contribution < 1.29 is 32.2 Å². The molecule has 10 heteroatoms. The molecule has 7 nitrogen and oxygen atoms in total. The van der Waals surface area contributed by atoms with Gasteiger partial charge < -0.3 is 14.8 Å². The third kappa shape index (κ3) is 5.60. The Balaban J connectivity index is 1.70. The zero-order valence-electron chi connectivity index (χ0n) is 17.0. The summed E-state index contributed by atoms with van der Waals surface area (Å²) in [5, 5.41) is 2.50. The minimum atomic E-state index is -4.47. The van der Waals surface area contributed by atoms with E-state index in [-0.39, 0.29) is 11.6 Å². The number of carbonyl (C=O) groups excluding carboxylic acids is 2. The maximum absolute atomic E-state index is 12.6. The molecule has 2 aromatic heterocycles. The molecule has 0 radical (unpaired) electrons. The Hall–Kier alpha value is -3.95. The lowest BCUT2D eigenvalue weighted by atomic mass is 10.1. The highest BCUT2D eigenvalue weighted by Gasteiger charge is 2.30. The highest BCUT2D eigenvalue weighted by molar-refractivity contribution is 5.95. The fraction of sp³-hybridized carbons (Fsp3) is 0.182. The molecule has 1 amide bonds. The first-order valence-corrected chi connectivity index (χ1v) is 9.34. The monoisotopic (exact) mass is 445 g/mol. The van der Waals surface area contributed by atoms with Crippen molar-refractivity contribution in [1.82, 2.24) is 15.3 Å². The Bertz CT molecular complexity index is 1100. The van der Waals surface area contributed by atoms with Crippen molar-refractivity contribution in [3.05, 3.63) is 72.1 Å². The number of aromatic nitrogens is 2. The number of nitrogens with zero attached hydrogens (tertiary/aromatic N) is 2. The van der Waals surface area contributed by atoms with E-state index < -0.39 is 29.7 Å². The van der Waals surface area contributed by atoms with Gasteiger partial charge in [-0.1, -0.05) is 6.07 Å². The van der Waals surface area contributed by atoms with E-state index in [0.29, 0.717) is 23.2 Å². The number of amides is 1. The van der Waals surface area contributed by atoms with Gasteiger partial charge in [-0.25, -0.2) is 14.8 Å². The van der Waals surface area contributed by atoms with Crippen molar-refractivity contribution in [2.24, 2.45) is 0 Å². The summed E-state index contributed by atoms with van der Waals surface area (Å²) in [6.45, 7) is 1.50. The molecule has 0 aliphatic rings. The Morgan fingerprint density at radius 3 is 2.34 bits per heavy atom. The number of esters is 1. The fourth-order valence-corrected chi connectivity index (χ4v) is 2.65. The number of rotatable bonds is 6. The fourth-order valence-electron chi connectivity index (χ4n) is 2.65. The number of pyridine rings is 2. The van der Waals surface area contributed by atoms with Crippen LogP contribution in [-0.2, 0) is 15.7 Å². The molecule has 2 heterocycles. The minimum Gasteiger partial charge on any atom is -0.467 e. The predicted octanol–water partition coefficient (Wildman–Crippen LogP) is 4.25. The topological polar surface area (TPSA) is 90.4 Å². The summed E-state index contributed by atoms with van der Waals surface area (Å²) in [4.78, 5) is 31.8. The highest BCUT2D eigenvalue weighted by Crippen LogP contribution is 2.30. The summed E-state index contributed by atoms with van der Waals surface area (Å²) in [6.07, 6.45) is -3.77. The van der Waals surface area contributed by atoms with Gasteiger partial charge in [0.1, 0.15) is 17.5 Å². The van der Waals surface area contributed by atoms with Gasteiger partial charge in [0.25, 0.3) is 5.91 Å². The Kier molecular flexibility index (Phi) is 6.72. The molecule has 0 fully saturated rings. The average molecular weight is 445 g/mol. The number of nitrogens with one attached hydrogen (secondary N) is 1. The van der Waals surface area contributed by atoms with Crippen molar-refractivity contribution in [3.8, 4) is 22.9 Å². The summed E-state index contributed by atoms with van der Waals surface area (Å²) in [7, 11) is 1.23. The Labute approximate surface area is 181 Å². The smallest absolute Gasteiger partial charge is 0.417 e. The zero-order chi connectivity index (χ0) is 23.3. The summed E-state index contributed by atoms with van der Waals surface area (Å²) in [5.41, 5.74) is 0.430. The van der Waals surface area contributed by atoms with Gasteiger partial charge in [0.2, 0.25) is 5.88 Å². The molecule has 0 aliphatic heterocycles. The van der Waals surface area contributed by atoms with Gasteiger partial charge in [-0.2, -0.15) is 13.2 Å². The quantitative estimate of drug-likeness (QED) is 0.571. The lowest BCUT2D eigenvalue weighted by molar-refractivity contribution is -0.142. The maximum atomic E-state index is 12.6. The summed E-state index contributed by atoms with van der Waals surface area (Å²) < 4.78 is 47.9. The van der Waals surface area contributed by atoms with E-state index in [9.17, 15) is 22.8 Å². The molecule has 3 rings (SSSR count). The lowest BCUT2D eigenvalue weighted by Gasteiger charge is -2.12. The number of hydrogen-bond acceptors (Lipinski definition) is 6. The number of alkyl halides is 3. The van der Waals surface area contributed by atoms with Crippen LogP contribution >= 0.6 is 0 Å². The molecule has 1 atom stereocenters. The van der Waals surface area contributed by atoms with Gasteiger partial charge in [0, 0.05) is 17.8 Å². The molecule has 1 N–H and O–H groups in total. The number of methoxy groups -OCH3 is 1. The van der Waals surface area contributed by atoms with Crippen LogP contribution in [0.3, 0.4) is 0 Å². The molecule has 0 saturated carbocycles. The van der Waals surface area contributed by atoms with Crippen molar-refractivity contribution in [2.75, 3.05) is 7.11 Å². The molecule has 0 aliphatic carbocycles. The van der Waals surface area contributed by atoms with Gasteiger partial charge in [-0.3, -0.25) is 4.79 Å². The van der Waals surface area contributed by atoms with Gasteiger partial charge in [-0.05, 0) is 49.4 Å². The summed E-state index contributed by atoms with van der Waals surface area (Å²) >= 11 is 0. The molecule has 166 valence electrons. The summed E-state index contributed by atoms with van der Waals surface area (Å²) in [6, 6.07) is 12.6. The van der Waals surface area contributed by atoms with Crippen LogP contribution in [0.1, 0.15) is 23.0 Å². The number of hydrogen-bond donors (Lipinski definition) is 1. The zero-order valence-corrected chi connectivity index (χ0v) is 17.0. The van der Waals surface area contributed by atoms with Gasteiger partial charge >= 0.3 is 12.1 Å². The van der Waals surface area contributed by atoms with Crippen LogP contribution in [0.25, 0.3) is 11.3 Å². The maximum Gasteiger partial charge on any atom is 0.417 e. The molecule has 0 bridgehead atoms. The molecular formula is C22H18F3N3O4. The second-order valence-electron chi connectivity index (χ2n) is 6.64. The highest BCUT2D eigenvalue weighted by atomic mass is 19.4. The van der Waals surface area contributed by atoms with Crippen molar-refractivity contribution in [3.63, 3.8) is 0 Å². The normalized spacial score (nSPS) is 12.0. The van der Waals surface area contributed by atoms with Gasteiger partial charge in [-0.15, -0.1) is 0 Å². The first kappa shape index (κ1) is 22.7. The van der Waals surface area contributed by atoms with E-state index in [1.165, 1.54) is 20.1 Å². The van der Waals surface area contributed by atoms with Crippen LogP contribution in [0.2, 0.25) is 0 Å². The second kappa shape index (κ2) is 9.46. The van der Waals surface area contributed by atoms with Crippen molar-refractivity contribution >= 4 is 11.9 Å². The molecule has 32 heavy (non-hydrogen) atoms. The number of halogens is 3. The van der Waals surface area contributed by atoms with Crippen molar-refractivity contribution in [1.29, 1.82) is 0 Å². The van der Waals surface area contributed by atoms with Crippen LogP contribution in [0.15, 0.2) is 60.8 Å². The third-order valence-electron chi connectivity index (χ3n) is 4.32. The minimum absolute atomic E-state index is 0.0160. The van der Waals surface area contributed by atoms with Crippen LogP contribution in [0.4, 0.5) is 13.2 Å². The lowest BCUT2D eigenvalue weighted by Crippen LogP contribution is -2.39. The number of ether oxygens (including phenoxy) is 2. The van der Waals surface area contributed by atoms with Gasteiger partial charge in [0.05, 0.1) is 18.4 Å². The summed E-state index contributed by atoms with van der Waals surface area (Å²) in [5.74, 6) is -0.727. The van der Waals surface area contributed by atoms with E-state index in [2.05, 4.69) is 20.0 Å².